The second-order valence-electron chi connectivity index (χ2n) is 3.71. The molecule has 4 heteroatoms. The fraction of sp³-hybridized carbons (Fsp3) is 0.364. The average molecular weight is 226 g/mol. The second kappa shape index (κ2) is 3.74. The van der Waals surface area contributed by atoms with Crippen LogP contribution in [-0.2, 0) is 4.79 Å². The number of aliphatic carboxylic acids is 1. The van der Waals surface area contributed by atoms with Gasteiger partial charge >= 0.3 is 5.97 Å². The lowest BCUT2D eigenvalue weighted by atomic mass is 9.93. The Kier molecular flexibility index (Phi) is 2.57. The highest BCUT2D eigenvalue weighted by Crippen LogP contribution is 2.39. The molecule has 1 aliphatic heterocycles. The molecule has 2 rings (SSSR count). The fourth-order valence-corrected chi connectivity index (χ4v) is 2.29. The van der Waals surface area contributed by atoms with Gasteiger partial charge in [0.1, 0.15) is 6.04 Å². The highest BCUT2D eigenvalue weighted by molar-refractivity contribution is 6.30. The third-order valence-electron chi connectivity index (χ3n) is 2.83. The van der Waals surface area contributed by atoms with Gasteiger partial charge in [0.15, 0.2) is 0 Å². The van der Waals surface area contributed by atoms with Crippen LogP contribution < -0.4 is 5.32 Å². The molecule has 0 saturated heterocycles. The number of halogens is 1. The Bertz CT molecular complexity index is 406. The third kappa shape index (κ3) is 1.67. The predicted molar refractivity (Wildman–Crippen MR) is 59.5 cm³/mol. The molecule has 1 aliphatic rings. The van der Waals surface area contributed by atoms with Crippen molar-refractivity contribution in [1.82, 2.24) is 0 Å². The Labute approximate surface area is 93.1 Å². The molecule has 0 bridgehead atoms. The zero-order valence-electron chi connectivity index (χ0n) is 8.33. The molecule has 2 unspecified atom stereocenters. The maximum absolute atomic E-state index is 11.0. The van der Waals surface area contributed by atoms with Crippen LogP contribution in [0.1, 0.15) is 24.8 Å². The minimum Gasteiger partial charge on any atom is -0.480 e. The molecule has 0 aromatic heterocycles. The molecule has 2 N–H and O–H groups in total. The van der Waals surface area contributed by atoms with Crippen molar-refractivity contribution >= 4 is 23.3 Å². The highest BCUT2D eigenvalue weighted by atomic mass is 35.5. The summed E-state index contributed by atoms with van der Waals surface area (Å²) in [6, 6.07) is 4.96. The number of hydrogen-bond donors (Lipinski definition) is 2. The molecule has 15 heavy (non-hydrogen) atoms. The van der Waals surface area contributed by atoms with Gasteiger partial charge in [-0.15, -0.1) is 0 Å². The molecule has 0 aliphatic carbocycles. The first-order valence-corrected chi connectivity index (χ1v) is 5.30. The molecule has 1 heterocycles. The van der Waals surface area contributed by atoms with Gasteiger partial charge in [-0.1, -0.05) is 24.6 Å². The largest absolute Gasteiger partial charge is 0.480 e. The smallest absolute Gasteiger partial charge is 0.326 e. The first-order chi connectivity index (χ1) is 7.13. The Balaban J connectivity index is 2.41. The third-order valence-corrected chi connectivity index (χ3v) is 3.07. The van der Waals surface area contributed by atoms with Gasteiger partial charge in [0.25, 0.3) is 0 Å². The van der Waals surface area contributed by atoms with Crippen LogP contribution in [-0.4, -0.2) is 17.1 Å². The van der Waals surface area contributed by atoms with E-state index in [4.69, 9.17) is 16.7 Å². The van der Waals surface area contributed by atoms with Gasteiger partial charge in [0.05, 0.1) is 0 Å². The number of anilines is 1. The first-order valence-electron chi connectivity index (χ1n) is 4.92. The SMILES string of the molecule is CCC1c2ccc(Cl)cc2NC1C(=O)O. The lowest BCUT2D eigenvalue weighted by Gasteiger charge is -2.13. The van der Waals surface area contributed by atoms with E-state index in [9.17, 15) is 4.79 Å². The number of carboxylic acid groups (broad SMARTS) is 1. The molecular weight excluding hydrogens is 214 g/mol. The van der Waals surface area contributed by atoms with Gasteiger partial charge in [-0.25, -0.2) is 4.79 Å². The van der Waals surface area contributed by atoms with Crippen LogP contribution in [0.2, 0.25) is 5.02 Å². The van der Waals surface area contributed by atoms with Crippen molar-refractivity contribution in [3.63, 3.8) is 0 Å². The van der Waals surface area contributed by atoms with Crippen molar-refractivity contribution in [3.8, 4) is 0 Å². The molecule has 0 fully saturated rings. The van der Waals surface area contributed by atoms with E-state index in [0.717, 1.165) is 17.7 Å². The van der Waals surface area contributed by atoms with Crippen LogP contribution >= 0.6 is 11.6 Å². The summed E-state index contributed by atoms with van der Waals surface area (Å²) in [5.74, 6) is -0.774. The maximum Gasteiger partial charge on any atom is 0.326 e. The van der Waals surface area contributed by atoms with E-state index < -0.39 is 12.0 Å². The summed E-state index contributed by atoms with van der Waals surface area (Å²) in [7, 11) is 0. The Hall–Kier alpha value is -1.22. The molecule has 2 atom stereocenters. The van der Waals surface area contributed by atoms with E-state index in [-0.39, 0.29) is 5.92 Å². The van der Waals surface area contributed by atoms with Gasteiger partial charge in [0, 0.05) is 16.6 Å². The summed E-state index contributed by atoms with van der Waals surface area (Å²) < 4.78 is 0. The van der Waals surface area contributed by atoms with E-state index in [1.807, 2.05) is 13.0 Å². The van der Waals surface area contributed by atoms with E-state index in [1.54, 1.807) is 12.1 Å². The van der Waals surface area contributed by atoms with Crippen LogP contribution in [0.3, 0.4) is 0 Å². The van der Waals surface area contributed by atoms with Crippen LogP contribution in [0.15, 0.2) is 18.2 Å². The van der Waals surface area contributed by atoms with Crippen molar-refractivity contribution in [3.05, 3.63) is 28.8 Å². The quantitative estimate of drug-likeness (QED) is 0.814. The van der Waals surface area contributed by atoms with E-state index in [1.165, 1.54) is 0 Å². The summed E-state index contributed by atoms with van der Waals surface area (Å²) in [5, 5.41) is 12.7. The van der Waals surface area contributed by atoms with Gasteiger partial charge in [-0.3, -0.25) is 0 Å². The number of hydrogen-bond acceptors (Lipinski definition) is 2. The Morgan fingerprint density at radius 2 is 2.33 bits per heavy atom. The number of nitrogens with one attached hydrogen (secondary N) is 1. The van der Waals surface area contributed by atoms with Crippen molar-refractivity contribution in [1.29, 1.82) is 0 Å². The first kappa shape index (κ1) is 10.3. The highest BCUT2D eigenvalue weighted by Gasteiger charge is 2.35. The normalized spacial score (nSPS) is 23.3. The molecule has 0 spiro atoms. The van der Waals surface area contributed by atoms with E-state index >= 15 is 0 Å². The monoisotopic (exact) mass is 225 g/mol. The van der Waals surface area contributed by atoms with Crippen molar-refractivity contribution in [2.45, 2.75) is 25.3 Å². The van der Waals surface area contributed by atoms with Crippen LogP contribution in [0.5, 0.6) is 0 Å². The average Bonchev–Trinajstić information content (AvgIpc) is 2.55. The van der Waals surface area contributed by atoms with Crippen molar-refractivity contribution in [2.75, 3.05) is 5.32 Å². The molecule has 80 valence electrons. The summed E-state index contributed by atoms with van der Waals surface area (Å²) >= 11 is 5.85. The standard InChI is InChI=1S/C11H12ClNO2/c1-2-7-8-4-3-6(12)5-9(8)13-10(7)11(14)15/h3-5,7,10,13H,2H2,1H3,(H,14,15). The van der Waals surface area contributed by atoms with Gasteiger partial charge in [-0.2, -0.15) is 0 Å². The Morgan fingerprint density at radius 1 is 1.60 bits per heavy atom. The molecule has 0 radical (unpaired) electrons. The molecule has 0 saturated carbocycles. The fourth-order valence-electron chi connectivity index (χ4n) is 2.11. The number of benzene rings is 1. The van der Waals surface area contributed by atoms with Gasteiger partial charge in [-0.05, 0) is 24.1 Å². The maximum atomic E-state index is 11.0. The summed E-state index contributed by atoms with van der Waals surface area (Å²) in [5.41, 5.74) is 1.90. The van der Waals surface area contributed by atoms with Gasteiger partial charge < -0.3 is 10.4 Å². The lowest BCUT2D eigenvalue weighted by molar-refractivity contribution is -0.138. The lowest BCUT2D eigenvalue weighted by Crippen LogP contribution is -2.29. The van der Waals surface area contributed by atoms with E-state index in [2.05, 4.69) is 5.32 Å². The van der Waals surface area contributed by atoms with Crippen molar-refractivity contribution in [2.24, 2.45) is 0 Å². The molecule has 1 aromatic rings. The zero-order valence-corrected chi connectivity index (χ0v) is 9.08. The number of carbonyl (C=O) groups is 1. The van der Waals surface area contributed by atoms with E-state index in [0.29, 0.717) is 5.02 Å². The second-order valence-corrected chi connectivity index (χ2v) is 4.14. The minimum atomic E-state index is -0.811. The van der Waals surface area contributed by atoms with Crippen LogP contribution in [0, 0.1) is 0 Å². The summed E-state index contributed by atoms with van der Waals surface area (Å²) in [4.78, 5) is 11.0. The minimum absolute atomic E-state index is 0.0368. The molecule has 0 amide bonds. The molecule has 1 aromatic carbocycles. The predicted octanol–water partition coefficient (Wildman–Crippen LogP) is 2.71. The van der Waals surface area contributed by atoms with Gasteiger partial charge in [0.2, 0.25) is 0 Å². The van der Waals surface area contributed by atoms with Crippen LogP contribution in [0.25, 0.3) is 0 Å². The summed E-state index contributed by atoms with van der Waals surface area (Å²) in [6.07, 6.45) is 0.804. The topological polar surface area (TPSA) is 49.3 Å². The van der Waals surface area contributed by atoms with Crippen LogP contribution in [0.4, 0.5) is 5.69 Å². The number of rotatable bonds is 2. The number of carboxylic acids is 1. The number of fused-ring (bicyclic) bond motifs is 1. The molecular formula is C11H12ClNO2. The summed E-state index contributed by atoms with van der Waals surface area (Å²) in [6.45, 7) is 1.99. The zero-order chi connectivity index (χ0) is 11.0. The Morgan fingerprint density at radius 3 is 2.93 bits per heavy atom. The molecule has 3 nitrogen and oxygen atoms in total. The van der Waals surface area contributed by atoms with Crippen molar-refractivity contribution < 1.29 is 9.90 Å².